The molecule has 0 atom stereocenters. The standard InChI is InChI=1S/C34H20ClNO/c35-24-14-17-29-28-16-13-23(19-33(28)37-34(29)20-24)22-12-15-27-26-9-3-4-10-31(26)36(32(27)18-22)30-11-5-7-21-6-1-2-8-25(21)30/h1-20H. The summed E-state index contributed by atoms with van der Waals surface area (Å²) in [5, 5.41) is 7.82. The first-order chi connectivity index (χ1) is 18.2. The number of hydrogen-bond donors (Lipinski definition) is 0. The second kappa shape index (κ2) is 7.73. The summed E-state index contributed by atoms with van der Waals surface area (Å²) in [6.07, 6.45) is 0. The van der Waals surface area contributed by atoms with E-state index in [1.165, 1.54) is 38.3 Å². The van der Waals surface area contributed by atoms with Gasteiger partial charge in [-0.25, -0.2) is 0 Å². The van der Waals surface area contributed by atoms with E-state index in [-0.39, 0.29) is 0 Å². The Morgan fingerprint density at radius 2 is 1.14 bits per heavy atom. The Kier molecular flexibility index (Phi) is 4.31. The van der Waals surface area contributed by atoms with Crippen molar-refractivity contribution in [1.29, 1.82) is 0 Å². The van der Waals surface area contributed by atoms with Crippen LogP contribution in [0.3, 0.4) is 0 Å². The van der Waals surface area contributed by atoms with Crippen molar-refractivity contribution in [2.45, 2.75) is 0 Å². The molecule has 2 aromatic heterocycles. The Morgan fingerprint density at radius 1 is 0.486 bits per heavy atom. The highest BCUT2D eigenvalue weighted by molar-refractivity contribution is 6.31. The first-order valence-corrected chi connectivity index (χ1v) is 12.8. The summed E-state index contributed by atoms with van der Waals surface area (Å²) in [5.74, 6) is 0. The van der Waals surface area contributed by atoms with Crippen molar-refractivity contribution in [2.24, 2.45) is 0 Å². The number of rotatable bonds is 2. The minimum atomic E-state index is 0.679. The lowest BCUT2D eigenvalue weighted by molar-refractivity contribution is 0.669. The van der Waals surface area contributed by atoms with Gasteiger partial charge >= 0.3 is 0 Å². The maximum absolute atomic E-state index is 6.20. The van der Waals surface area contributed by atoms with Gasteiger partial charge < -0.3 is 8.98 Å². The van der Waals surface area contributed by atoms with Crippen LogP contribution in [-0.4, -0.2) is 4.57 Å². The third-order valence-corrected chi connectivity index (χ3v) is 7.69. The molecule has 0 aliphatic carbocycles. The minimum absolute atomic E-state index is 0.679. The quantitative estimate of drug-likeness (QED) is 0.234. The second-order valence-corrected chi connectivity index (χ2v) is 9.97. The van der Waals surface area contributed by atoms with Crippen molar-refractivity contribution < 1.29 is 4.42 Å². The van der Waals surface area contributed by atoms with Crippen molar-refractivity contribution in [3.8, 4) is 16.8 Å². The van der Waals surface area contributed by atoms with Crippen LogP contribution in [0.15, 0.2) is 126 Å². The van der Waals surface area contributed by atoms with E-state index >= 15 is 0 Å². The molecule has 0 amide bonds. The lowest BCUT2D eigenvalue weighted by Crippen LogP contribution is -1.95. The molecule has 8 aromatic rings. The summed E-state index contributed by atoms with van der Waals surface area (Å²) in [7, 11) is 0. The molecule has 174 valence electrons. The summed E-state index contributed by atoms with van der Waals surface area (Å²) in [6.45, 7) is 0. The molecule has 2 nitrogen and oxygen atoms in total. The number of benzene rings is 6. The third kappa shape index (κ3) is 3.06. The summed E-state index contributed by atoms with van der Waals surface area (Å²) < 4.78 is 8.58. The number of nitrogens with zero attached hydrogens (tertiary/aromatic N) is 1. The Bertz CT molecular complexity index is 2160. The molecule has 0 fully saturated rings. The first kappa shape index (κ1) is 20.6. The summed E-state index contributed by atoms with van der Waals surface area (Å²) in [4.78, 5) is 0. The molecule has 0 aliphatic heterocycles. The van der Waals surface area contributed by atoms with Crippen molar-refractivity contribution in [3.63, 3.8) is 0 Å². The van der Waals surface area contributed by atoms with Gasteiger partial charge in [0.1, 0.15) is 11.2 Å². The maximum Gasteiger partial charge on any atom is 0.136 e. The lowest BCUT2D eigenvalue weighted by atomic mass is 10.0. The average molecular weight is 494 g/mol. The Morgan fingerprint density at radius 3 is 2.03 bits per heavy atom. The van der Waals surface area contributed by atoms with Crippen molar-refractivity contribution in [2.75, 3.05) is 0 Å². The Labute approximate surface area is 217 Å². The number of fused-ring (bicyclic) bond motifs is 7. The average Bonchev–Trinajstić information content (AvgIpc) is 3.46. The van der Waals surface area contributed by atoms with Gasteiger partial charge in [0.15, 0.2) is 0 Å². The van der Waals surface area contributed by atoms with Gasteiger partial charge in [-0.2, -0.15) is 0 Å². The zero-order chi connectivity index (χ0) is 24.5. The van der Waals surface area contributed by atoms with Crippen LogP contribution in [0.1, 0.15) is 0 Å². The highest BCUT2D eigenvalue weighted by Crippen LogP contribution is 2.38. The van der Waals surface area contributed by atoms with Gasteiger partial charge in [-0.15, -0.1) is 0 Å². The zero-order valence-corrected chi connectivity index (χ0v) is 20.5. The Hall–Kier alpha value is -4.53. The largest absolute Gasteiger partial charge is 0.456 e. The van der Waals surface area contributed by atoms with Crippen LogP contribution in [0.25, 0.3) is 71.3 Å². The Balaban J connectivity index is 1.40. The van der Waals surface area contributed by atoms with Crippen LogP contribution < -0.4 is 0 Å². The molecule has 37 heavy (non-hydrogen) atoms. The van der Waals surface area contributed by atoms with Crippen LogP contribution in [-0.2, 0) is 0 Å². The van der Waals surface area contributed by atoms with Gasteiger partial charge in [0, 0.05) is 38.0 Å². The van der Waals surface area contributed by atoms with Crippen LogP contribution in [0.2, 0.25) is 5.02 Å². The van der Waals surface area contributed by atoms with E-state index in [1.807, 2.05) is 18.2 Å². The second-order valence-electron chi connectivity index (χ2n) is 9.54. The lowest BCUT2D eigenvalue weighted by Gasteiger charge is -2.12. The van der Waals surface area contributed by atoms with E-state index in [0.29, 0.717) is 5.02 Å². The molecule has 0 saturated carbocycles. The predicted molar refractivity (Wildman–Crippen MR) is 156 cm³/mol. The van der Waals surface area contributed by atoms with Gasteiger partial charge in [-0.05, 0) is 59.0 Å². The molecule has 3 heteroatoms. The molecule has 6 aromatic carbocycles. The molecule has 0 unspecified atom stereocenters. The first-order valence-electron chi connectivity index (χ1n) is 12.4. The van der Waals surface area contributed by atoms with Gasteiger partial charge in [0.05, 0.1) is 16.7 Å². The SMILES string of the molecule is Clc1ccc2c(c1)oc1cc(-c3ccc4c5ccccc5n(-c5cccc6ccccc56)c4c3)ccc12. The van der Waals surface area contributed by atoms with Crippen LogP contribution in [0.5, 0.6) is 0 Å². The monoisotopic (exact) mass is 493 g/mol. The number of hydrogen-bond acceptors (Lipinski definition) is 1. The molecule has 0 saturated heterocycles. The highest BCUT2D eigenvalue weighted by atomic mass is 35.5. The smallest absolute Gasteiger partial charge is 0.136 e. The number of para-hydroxylation sites is 1. The molecular weight excluding hydrogens is 474 g/mol. The van der Waals surface area contributed by atoms with Crippen LogP contribution >= 0.6 is 11.6 Å². The van der Waals surface area contributed by atoms with Gasteiger partial charge in [-0.1, -0.05) is 84.4 Å². The van der Waals surface area contributed by atoms with E-state index < -0.39 is 0 Å². The fourth-order valence-electron chi connectivity index (χ4n) is 5.74. The number of aromatic nitrogens is 1. The number of halogens is 1. The molecule has 0 aliphatic rings. The molecule has 0 spiro atoms. The molecule has 0 bridgehead atoms. The normalized spacial score (nSPS) is 11.9. The van der Waals surface area contributed by atoms with E-state index in [2.05, 4.69) is 108 Å². The number of furan rings is 1. The van der Waals surface area contributed by atoms with E-state index in [0.717, 1.165) is 33.1 Å². The summed E-state index contributed by atoms with van der Waals surface area (Å²) >= 11 is 6.20. The molecule has 0 radical (unpaired) electrons. The van der Waals surface area contributed by atoms with Crippen LogP contribution in [0, 0.1) is 0 Å². The summed E-state index contributed by atoms with van der Waals surface area (Å²) in [6, 6.07) is 42.8. The van der Waals surface area contributed by atoms with Gasteiger partial charge in [0.25, 0.3) is 0 Å². The van der Waals surface area contributed by atoms with Crippen molar-refractivity contribution >= 4 is 66.1 Å². The highest BCUT2D eigenvalue weighted by Gasteiger charge is 2.15. The molecule has 8 rings (SSSR count). The van der Waals surface area contributed by atoms with Crippen LogP contribution in [0.4, 0.5) is 0 Å². The van der Waals surface area contributed by atoms with Gasteiger partial charge in [-0.3, -0.25) is 0 Å². The fourth-order valence-corrected chi connectivity index (χ4v) is 5.91. The van der Waals surface area contributed by atoms with Crippen molar-refractivity contribution in [3.05, 3.63) is 126 Å². The summed E-state index contributed by atoms with van der Waals surface area (Å²) in [5.41, 5.74) is 7.52. The maximum atomic E-state index is 6.20. The van der Waals surface area contributed by atoms with Gasteiger partial charge in [0.2, 0.25) is 0 Å². The molecule has 0 N–H and O–H groups in total. The minimum Gasteiger partial charge on any atom is -0.456 e. The molecular formula is C34H20ClNO. The van der Waals surface area contributed by atoms with E-state index in [4.69, 9.17) is 16.0 Å². The van der Waals surface area contributed by atoms with E-state index in [9.17, 15) is 0 Å². The molecule has 2 heterocycles. The zero-order valence-electron chi connectivity index (χ0n) is 19.8. The topological polar surface area (TPSA) is 18.1 Å². The predicted octanol–water partition coefficient (Wildman–Crippen LogP) is 10.2. The third-order valence-electron chi connectivity index (χ3n) is 7.45. The van der Waals surface area contributed by atoms with Crippen molar-refractivity contribution in [1.82, 2.24) is 4.57 Å². The fraction of sp³-hybridized carbons (Fsp3) is 0. The van der Waals surface area contributed by atoms with E-state index in [1.54, 1.807) is 0 Å².